The molecule has 0 aliphatic heterocycles. The lowest BCUT2D eigenvalue weighted by Crippen LogP contribution is -1.93. The van der Waals surface area contributed by atoms with Crippen molar-refractivity contribution in [3.8, 4) is 5.75 Å². The van der Waals surface area contributed by atoms with Crippen molar-refractivity contribution in [3.05, 3.63) is 29.3 Å². The summed E-state index contributed by atoms with van der Waals surface area (Å²) in [7, 11) is 1.34. The van der Waals surface area contributed by atoms with Crippen molar-refractivity contribution in [1.82, 2.24) is 0 Å². The highest BCUT2D eigenvalue weighted by molar-refractivity contribution is 9.08. The highest BCUT2D eigenvalue weighted by atomic mass is 79.9. The fraction of sp³-hybridized carbons (Fsp3) is 0.250. The first-order chi connectivity index (χ1) is 5.69. The average Bonchev–Trinajstić information content (AvgIpc) is 2.05. The van der Waals surface area contributed by atoms with Crippen LogP contribution in [0.3, 0.4) is 0 Å². The van der Waals surface area contributed by atoms with Gasteiger partial charge in [-0.05, 0) is 6.07 Å². The number of hydrogen-bond acceptors (Lipinski definition) is 1. The number of ether oxygens (including phenoxy) is 1. The van der Waals surface area contributed by atoms with E-state index in [0.29, 0.717) is 10.9 Å². The molecular formula is C8H7BrF2O. The molecule has 0 aromatic heterocycles. The van der Waals surface area contributed by atoms with Gasteiger partial charge in [0.05, 0.1) is 7.11 Å². The molecule has 1 aromatic carbocycles. The van der Waals surface area contributed by atoms with Gasteiger partial charge in [-0.3, -0.25) is 0 Å². The molecule has 0 aliphatic carbocycles. The Labute approximate surface area is 77.5 Å². The van der Waals surface area contributed by atoms with Gasteiger partial charge in [0.25, 0.3) is 0 Å². The number of alkyl halides is 1. The normalized spacial score (nSPS) is 10.0. The van der Waals surface area contributed by atoms with E-state index in [4.69, 9.17) is 0 Å². The van der Waals surface area contributed by atoms with Crippen LogP contribution in [0.1, 0.15) is 5.56 Å². The molecule has 0 unspecified atom stereocenters. The summed E-state index contributed by atoms with van der Waals surface area (Å²) in [4.78, 5) is 0. The van der Waals surface area contributed by atoms with Gasteiger partial charge in [0.2, 0.25) is 0 Å². The van der Waals surface area contributed by atoms with E-state index in [9.17, 15) is 8.78 Å². The Kier molecular flexibility index (Phi) is 3.03. The quantitative estimate of drug-likeness (QED) is 0.718. The Morgan fingerprint density at radius 3 is 2.50 bits per heavy atom. The summed E-state index contributed by atoms with van der Waals surface area (Å²) in [6, 6.07) is 2.15. The van der Waals surface area contributed by atoms with Gasteiger partial charge in [0, 0.05) is 17.0 Å². The highest BCUT2D eigenvalue weighted by Crippen LogP contribution is 2.22. The SMILES string of the molecule is COc1cc(CBr)c(F)cc1F. The summed E-state index contributed by atoms with van der Waals surface area (Å²) in [6.45, 7) is 0. The van der Waals surface area contributed by atoms with Crippen LogP contribution in [0.25, 0.3) is 0 Å². The minimum Gasteiger partial charge on any atom is -0.494 e. The molecule has 1 aromatic rings. The number of methoxy groups -OCH3 is 1. The van der Waals surface area contributed by atoms with E-state index in [2.05, 4.69) is 20.7 Å². The first kappa shape index (κ1) is 9.45. The monoisotopic (exact) mass is 236 g/mol. The number of hydrogen-bond donors (Lipinski definition) is 0. The van der Waals surface area contributed by atoms with Crippen LogP contribution in [0, 0.1) is 11.6 Å². The second-order valence-electron chi connectivity index (χ2n) is 2.21. The maximum atomic E-state index is 12.8. The summed E-state index contributed by atoms with van der Waals surface area (Å²) in [5.41, 5.74) is 0.383. The van der Waals surface area contributed by atoms with E-state index in [1.54, 1.807) is 0 Å². The molecule has 0 bridgehead atoms. The fourth-order valence-electron chi connectivity index (χ4n) is 0.830. The summed E-state index contributed by atoms with van der Waals surface area (Å²) in [5.74, 6) is -1.18. The molecule has 0 amide bonds. The third kappa shape index (κ3) is 1.75. The molecule has 0 N–H and O–H groups in total. The van der Waals surface area contributed by atoms with Crippen molar-refractivity contribution in [2.45, 2.75) is 5.33 Å². The van der Waals surface area contributed by atoms with Gasteiger partial charge in [-0.2, -0.15) is 0 Å². The summed E-state index contributed by atoms with van der Waals surface area (Å²) in [6.07, 6.45) is 0. The predicted molar refractivity (Wildman–Crippen MR) is 45.5 cm³/mol. The first-order valence-electron chi connectivity index (χ1n) is 3.27. The maximum absolute atomic E-state index is 12.8. The molecule has 66 valence electrons. The third-order valence-corrected chi connectivity index (χ3v) is 2.07. The van der Waals surface area contributed by atoms with Crippen molar-refractivity contribution in [2.75, 3.05) is 7.11 Å². The van der Waals surface area contributed by atoms with Gasteiger partial charge in [0.15, 0.2) is 11.6 Å². The van der Waals surface area contributed by atoms with Crippen LogP contribution < -0.4 is 4.74 Å². The van der Waals surface area contributed by atoms with Crippen LogP contribution >= 0.6 is 15.9 Å². The summed E-state index contributed by atoms with van der Waals surface area (Å²) < 4.78 is 30.3. The van der Waals surface area contributed by atoms with Crippen LogP contribution in [-0.2, 0) is 5.33 Å². The largest absolute Gasteiger partial charge is 0.494 e. The van der Waals surface area contributed by atoms with Crippen LogP contribution in [0.2, 0.25) is 0 Å². The third-order valence-electron chi connectivity index (χ3n) is 1.46. The average molecular weight is 237 g/mol. The van der Waals surface area contributed by atoms with Gasteiger partial charge in [-0.25, -0.2) is 8.78 Å². The zero-order chi connectivity index (χ0) is 9.14. The van der Waals surface area contributed by atoms with E-state index in [1.165, 1.54) is 13.2 Å². The number of benzene rings is 1. The highest BCUT2D eigenvalue weighted by Gasteiger charge is 2.08. The Balaban J connectivity index is 3.18. The Morgan fingerprint density at radius 1 is 1.33 bits per heavy atom. The molecule has 0 saturated carbocycles. The van der Waals surface area contributed by atoms with E-state index < -0.39 is 11.6 Å². The number of rotatable bonds is 2. The Morgan fingerprint density at radius 2 is 2.00 bits per heavy atom. The van der Waals surface area contributed by atoms with E-state index in [1.807, 2.05) is 0 Å². The maximum Gasteiger partial charge on any atom is 0.167 e. The van der Waals surface area contributed by atoms with Gasteiger partial charge in [0.1, 0.15) is 5.82 Å². The van der Waals surface area contributed by atoms with Gasteiger partial charge in [-0.15, -0.1) is 0 Å². The van der Waals surface area contributed by atoms with Crippen molar-refractivity contribution >= 4 is 15.9 Å². The van der Waals surface area contributed by atoms with Crippen molar-refractivity contribution < 1.29 is 13.5 Å². The summed E-state index contributed by atoms with van der Waals surface area (Å²) in [5, 5.41) is 0.343. The molecule has 1 nitrogen and oxygen atoms in total. The second kappa shape index (κ2) is 3.85. The zero-order valence-corrected chi connectivity index (χ0v) is 7.99. The molecule has 0 spiro atoms. The van der Waals surface area contributed by atoms with Crippen LogP contribution in [0.15, 0.2) is 12.1 Å². The van der Waals surface area contributed by atoms with Crippen LogP contribution in [-0.4, -0.2) is 7.11 Å². The van der Waals surface area contributed by atoms with Crippen LogP contribution in [0.5, 0.6) is 5.75 Å². The lowest BCUT2D eigenvalue weighted by Gasteiger charge is -2.04. The standard InChI is InChI=1S/C8H7BrF2O/c1-12-8-2-5(4-9)6(10)3-7(8)11/h2-3H,4H2,1H3. The lowest BCUT2D eigenvalue weighted by atomic mass is 10.2. The molecule has 0 heterocycles. The Bertz CT molecular complexity index is 263. The van der Waals surface area contributed by atoms with Crippen molar-refractivity contribution in [1.29, 1.82) is 0 Å². The molecule has 1 rings (SSSR count). The minimum absolute atomic E-state index is 0.0610. The smallest absolute Gasteiger partial charge is 0.167 e. The number of halogens is 3. The van der Waals surface area contributed by atoms with Gasteiger partial charge < -0.3 is 4.74 Å². The van der Waals surface area contributed by atoms with Crippen molar-refractivity contribution in [3.63, 3.8) is 0 Å². The van der Waals surface area contributed by atoms with E-state index in [0.717, 1.165) is 6.07 Å². The minimum atomic E-state index is -0.681. The lowest BCUT2D eigenvalue weighted by molar-refractivity contribution is 0.383. The van der Waals surface area contributed by atoms with E-state index in [-0.39, 0.29) is 5.75 Å². The molecule has 0 aliphatic rings. The molecular weight excluding hydrogens is 230 g/mol. The van der Waals surface area contributed by atoms with E-state index >= 15 is 0 Å². The first-order valence-corrected chi connectivity index (χ1v) is 4.39. The molecule has 0 radical (unpaired) electrons. The molecule has 4 heteroatoms. The molecule has 0 fully saturated rings. The molecule has 0 atom stereocenters. The Hall–Kier alpha value is -0.640. The fourth-order valence-corrected chi connectivity index (χ4v) is 1.26. The topological polar surface area (TPSA) is 9.23 Å². The van der Waals surface area contributed by atoms with Gasteiger partial charge >= 0.3 is 0 Å². The van der Waals surface area contributed by atoms with Gasteiger partial charge in [-0.1, -0.05) is 15.9 Å². The predicted octanol–water partition coefficient (Wildman–Crippen LogP) is 2.87. The summed E-state index contributed by atoms with van der Waals surface area (Å²) >= 11 is 3.08. The zero-order valence-electron chi connectivity index (χ0n) is 6.40. The van der Waals surface area contributed by atoms with Crippen LogP contribution in [0.4, 0.5) is 8.78 Å². The molecule has 0 saturated heterocycles. The van der Waals surface area contributed by atoms with Crippen molar-refractivity contribution in [2.24, 2.45) is 0 Å². The molecule has 12 heavy (non-hydrogen) atoms. The second-order valence-corrected chi connectivity index (χ2v) is 2.77.